The van der Waals surface area contributed by atoms with E-state index in [-0.39, 0.29) is 11.6 Å². The standard InChI is InChI=1S/C12H11PS.C9H9FO/c14-13(11-7-3-1-4-8-11)12-9-5-2-6-10-12;1-2-9(11)7-3-5-8(10)6-4-7/h1-10,13H;3-6H,2H2,1H3. The minimum Gasteiger partial charge on any atom is -0.294 e. The molecule has 0 saturated heterocycles. The molecule has 0 amide bonds. The number of carbonyl (C=O) groups is 1. The molecule has 0 saturated carbocycles. The van der Waals surface area contributed by atoms with Gasteiger partial charge in [0.2, 0.25) is 0 Å². The van der Waals surface area contributed by atoms with Gasteiger partial charge in [0.15, 0.2) is 5.78 Å². The van der Waals surface area contributed by atoms with Crippen LogP contribution in [-0.4, -0.2) is 5.78 Å². The van der Waals surface area contributed by atoms with Crippen LogP contribution in [0.3, 0.4) is 0 Å². The summed E-state index contributed by atoms with van der Waals surface area (Å²) in [6.45, 7) is 0.822. The molecule has 3 rings (SSSR count). The zero-order chi connectivity index (χ0) is 18.1. The van der Waals surface area contributed by atoms with Gasteiger partial charge in [0, 0.05) is 12.0 Å². The maximum Gasteiger partial charge on any atom is 0.162 e. The number of ketones is 1. The first-order valence-corrected chi connectivity index (χ1v) is 10.7. The van der Waals surface area contributed by atoms with Crippen LogP contribution in [0, 0.1) is 5.82 Å². The van der Waals surface area contributed by atoms with Gasteiger partial charge in [-0.15, -0.1) is 0 Å². The van der Waals surface area contributed by atoms with Gasteiger partial charge in [0.05, 0.1) is 0 Å². The lowest BCUT2D eigenvalue weighted by atomic mass is 10.1. The first-order chi connectivity index (χ1) is 12.1. The number of halogens is 1. The third-order valence-electron chi connectivity index (χ3n) is 3.56. The molecular formula is C21H20FOPS. The Hall–Kier alpha value is -2.09. The summed E-state index contributed by atoms with van der Waals surface area (Å²) in [6, 6.07) is 26.3. The minimum absolute atomic E-state index is 0.0463. The number of hydrogen-bond acceptors (Lipinski definition) is 2. The monoisotopic (exact) mass is 370 g/mol. The van der Waals surface area contributed by atoms with E-state index in [0.717, 1.165) is 0 Å². The Balaban J connectivity index is 0.000000186. The SMILES string of the molecule is CCC(=O)c1ccc(F)cc1.S=[PH](c1ccccc1)c1ccccc1. The van der Waals surface area contributed by atoms with Crippen LogP contribution < -0.4 is 10.6 Å². The molecule has 0 bridgehead atoms. The first-order valence-electron chi connectivity index (χ1n) is 8.05. The summed E-state index contributed by atoms with van der Waals surface area (Å²) in [5.74, 6) is -0.261. The van der Waals surface area contributed by atoms with Gasteiger partial charge in [0.1, 0.15) is 5.82 Å². The molecule has 3 aromatic carbocycles. The zero-order valence-corrected chi connectivity index (χ0v) is 15.8. The van der Waals surface area contributed by atoms with Crippen LogP contribution in [0.1, 0.15) is 23.7 Å². The molecule has 25 heavy (non-hydrogen) atoms. The third kappa shape index (κ3) is 6.04. The molecule has 0 heterocycles. The highest BCUT2D eigenvalue weighted by molar-refractivity contribution is 8.12. The second-order valence-corrected chi connectivity index (χ2v) is 8.38. The number of Topliss-reactive ketones (excluding diaryl/α,β-unsaturated/α-hetero) is 1. The number of benzene rings is 3. The predicted octanol–water partition coefficient (Wildman–Crippen LogP) is 4.73. The van der Waals surface area contributed by atoms with Crippen molar-refractivity contribution in [2.45, 2.75) is 13.3 Å². The van der Waals surface area contributed by atoms with Crippen LogP contribution in [0.4, 0.5) is 4.39 Å². The average Bonchev–Trinajstić information content (AvgIpc) is 2.69. The fourth-order valence-electron chi connectivity index (χ4n) is 2.19. The summed E-state index contributed by atoms with van der Waals surface area (Å²) >= 11 is 5.57. The molecule has 0 atom stereocenters. The van der Waals surface area contributed by atoms with Crippen molar-refractivity contribution >= 4 is 34.9 Å². The largest absolute Gasteiger partial charge is 0.294 e. The van der Waals surface area contributed by atoms with E-state index in [1.54, 1.807) is 6.92 Å². The lowest BCUT2D eigenvalue weighted by molar-refractivity contribution is 0.0988. The van der Waals surface area contributed by atoms with Crippen molar-refractivity contribution in [1.82, 2.24) is 0 Å². The smallest absolute Gasteiger partial charge is 0.162 e. The molecule has 4 heteroatoms. The molecule has 0 aromatic heterocycles. The van der Waals surface area contributed by atoms with Gasteiger partial charge in [-0.25, -0.2) is 4.39 Å². The van der Waals surface area contributed by atoms with Crippen LogP contribution in [0.5, 0.6) is 0 Å². The average molecular weight is 370 g/mol. The van der Waals surface area contributed by atoms with E-state index in [2.05, 4.69) is 48.5 Å². The summed E-state index contributed by atoms with van der Waals surface area (Å²) in [5.41, 5.74) is 0.578. The quantitative estimate of drug-likeness (QED) is 0.488. The van der Waals surface area contributed by atoms with Crippen molar-refractivity contribution in [3.05, 3.63) is 96.3 Å². The number of carbonyl (C=O) groups excluding carboxylic acids is 1. The Bertz CT molecular complexity index is 776. The molecule has 0 N–H and O–H groups in total. The van der Waals surface area contributed by atoms with Crippen molar-refractivity contribution in [3.8, 4) is 0 Å². The highest BCUT2D eigenvalue weighted by atomic mass is 32.4. The van der Waals surface area contributed by atoms with Gasteiger partial charge in [-0.05, 0) is 41.6 Å². The van der Waals surface area contributed by atoms with Crippen molar-refractivity contribution < 1.29 is 9.18 Å². The van der Waals surface area contributed by atoms with E-state index in [1.165, 1.54) is 34.9 Å². The lowest BCUT2D eigenvalue weighted by Crippen LogP contribution is -2.04. The molecule has 0 fully saturated rings. The van der Waals surface area contributed by atoms with Crippen molar-refractivity contribution in [2.75, 3.05) is 0 Å². The summed E-state index contributed by atoms with van der Waals surface area (Å²) in [4.78, 5) is 11.0. The Kier molecular flexibility index (Phi) is 7.72. The fourth-order valence-corrected chi connectivity index (χ4v) is 4.33. The topological polar surface area (TPSA) is 17.1 Å². The van der Waals surface area contributed by atoms with Crippen LogP contribution >= 0.6 is 6.70 Å². The van der Waals surface area contributed by atoms with Gasteiger partial charge >= 0.3 is 0 Å². The number of hydrogen-bond donors (Lipinski definition) is 0. The summed E-state index contributed by atoms with van der Waals surface area (Å²) < 4.78 is 12.3. The molecule has 0 aliphatic rings. The summed E-state index contributed by atoms with van der Waals surface area (Å²) in [6.07, 6.45) is 0.464. The minimum atomic E-state index is -0.961. The van der Waals surface area contributed by atoms with Gasteiger partial charge in [-0.2, -0.15) is 0 Å². The second kappa shape index (κ2) is 10.0. The Morgan fingerprint density at radius 3 is 1.68 bits per heavy atom. The molecule has 0 spiro atoms. The molecule has 1 nitrogen and oxygen atoms in total. The van der Waals surface area contributed by atoms with Crippen LogP contribution in [0.25, 0.3) is 0 Å². The molecule has 0 unspecified atom stereocenters. The maximum absolute atomic E-state index is 12.3. The molecule has 128 valence electrons. The van der Waals surface area contributed by atoms with Gasteiger partial charge in [0.25, 0.3) is 0 Å². The molecule has 0 aliphatic heterocycles. The maximum atomic E-state index is 12.3. The second-order valence-electron chi connectivity index (χ2n) is 5.34. The van der Waals surface area contributed by atoms with E-state index in [0.29, 0.717) is 12.0 Å². The fraction of sp³-hybridized carbons (Fsp3) is 0.0952. The third-order valence-corrected chi connectivity index (χ3v) is 6.69. The molecule has 0 radical (unpaired) electrons. The Morgan fingerprint density at radius 1 is 0.840 bits per heavy atom. The highest BCUT2D eigenvalue weighted by Gasteiger charge is 2.01. The first kappa shape index (κ1) is 19.2. The lowest BCUT2D eigenvalue weighted by Gasteiger charge is -2.04. The van der Waals surface area contributed by atoms with Crippen molar-refractivity contribution in [2.24, 2.45) is 0 Å². The van der Waals surface area contributed by atoms with Crippen LogP contribution in [0.2, 0.25) is 0 Å². The number of rotatable bonds is 4. The molecule has 0 aliphatic carbocycles. The predicted molar refractivity (Wildman–Crippen MR) is 109 cm³/mol. The zero-order valence-electron chi connectivity index (χ0n) is 14.0. The van der Waals surface area contributed by atoms with E-state index in [4.69, 9.17) is 11.8 Å². The highest BCUT2D eigenvalue weighted by Crippen LogP contribution is 2.18. The van der Waals surface area contributed by atoms with Gasteiger partial charge < -0.3 is 0 Å². The summed E-state index contributed by atoms with van der Waals surface area (Å²) in [5, 5.41) is 2.58. The van der Waals surface area contributed by atoms with Crippen molar-refractivity contribution in [1.29, 1.82) is 0 Å². The Labute approximate surface area is 154 Å². The van der Waals surface area contributed by atoms with Crippen LogP contribution in [0.15, 0.2) is 84.9 Å². The normalized spacial score (nSPS) is 10.0. The Morgan fingerprint density at radius 2 is 1.28 bits per heavy atom. The van der Waals surface area contributed by atoms with Gasteiger partial charge in [-0.1, -0.05) is 79.4 Å². The van der Waals surface area contributed by atoms with E-state index in [9.17, 15) is 9.18 Å². The van der Waals surface area contributed by atoms with E-state index >= 15 is 0 Å². The van der Waals surface area contributed by atoms with Crippen LogP contribution in [-0.2, 0) is 11.8 Å². The summed E-state index contributed by atoms with van der Waals surface area (Å²) in [7, 11) is 0. The van der Waals surface area contributed by atoms with Crippen molar-refractivity contribution in [3.63, 3.8) is 0 Å². The van der Waals surface area contributed by atoms with E-state index in [1.807, 2.05) is 12.1 Å². The molecule has 3 aromatic rings. The molecular weight excluding hydrogens is 350 g/mol. The van der Waals surface area contributed by atoms with E-state index < -0.39 is 6.70 Å². The van der Waals surface area contributed by atoms with Gasteiger partial charge in [-0.3, -0.25) is 4.79 Å².